The normalized spacial score (nSPS) is 10.0. The molecule has 0 heterocycles. The first-order valence-electron chi connectivity index (χ1n) is 2.48. The lowest BCUT2D eigenvalue weighted by Crippen LogP contribution is -1.80. The lowest BCUT2D eigenvalue weighted by molar-refractivity contribution is 1.22. The molecule has 0 aliphatic carbocycles. The van der Waals surface area contributed by atoms with Gasteiger partial charge in [-0.3, -0.25) is 0 Å². The predicted molar refractivity (Wildman–Crippen MR) is 66.4 cm³/mol. The number of hydrogen-bond acceptors (Lipinski definition) is 2. The Morgan fingerprint density at radius 3 is 2.20 bits per heavy atom. The highest BCUT2D eigenvalue weighted by Crippen LogP contribution is 2.26. The van der Waals surface area contributed by atoms with Crippen LogP contribution in [0.2, 0.25) is 0 Å². The molecule has 0 aliphatic rings. The van der Waals surface area contributed by atoms with E-state index in [1.165, 1.54) is 3.57 Å². The van der Waals surface area contributed by atoms with Gasteiger partial charge in [0.25, 0.3) is 0 Å². The van der Waals surface area contributed by atoms with Crippen molar-refractivity contribution in [3.8, 4) is 0 Å². The second-order valence-corrected chi connectivity index (χ2v) is 5.09. The van der Waals surface area contributed by atoms with Crippen LogP contribution < -0.4 is 0 Å². The van der Waals surface area contributed by atoms with Gasteiger partial charge in [-0.15, -0.1) is 25.3 Å². The topological polar surface area (TPSA) is 0 Å². The lowest BCUT2D eigenvalue weighted by atomic mass is 10.4. The van der Waals surface area contributed by atoms with Crippen molar-refractivity contribution in [3.63, 3.8) is 0 Å². The first kappa shape index (κ1) is 9.47. The summed E-state index contributed by atoms with van der Waals surface area (Å²) in [7, 11) is 0. The smallest absolute Gasteiger partial charge is 0.0309 e. The first-order valence-corrected chi connectivity index (χ1v) is 5.53. The van der Waals surface area contributed by atoms with Gasteiger partial charge in [-0.2, -0.15) is 0 Å². The maximum atomic E-state index is 4.27. The van der Waals surface area contributed by atoms with Gasteiger partial charge in [0, 0.05) is 16.9 Å². The van der Waals surface area contributed by atoms with E-state index < -0.39 is 0 Å². The molecule has 0 aliphatic heterocycles. The van der Waals surface area contributed by atoms with E-state index in [9.17, 15) is 0 Å². The molecule has 0 radical (unpaired) electrons. The van der Waals surface area contributed by atoms with E-state index in [4.69, 9.17) is 0 Å². The predicted octanol–water partition coefficient (Wildman–Crippen LogP) is 3.47. The summed E-state index contributed by atoms with van der Waals surface area (Å²) in [4.78, 5) is 1.91. The van der Waals surface area contributed by atoms with Gasteiger partial charge in [0.05, 0.1) is 0 Å². The molecule has 0 nitrogen and oxygen atoms in total. The van der Waals surface area contributed by atoms with E-state index in [0.717, 1.165) is 13.4 Å². The van der Waals surface area contributed by atoms with E-state index in [2.05, 4.69) is 76.5 Å². The van der Waals surface area contributed by atoms with E-state index in [1.807, 2.05) is 6.07 Å². The molecule has 0 atom stereocenters. The summed E-state index contributed by atoms with van der Waals surface area (Å²) in [5, 5.41) is 0. The van der Waals surface area contributed by atoms with Crippen molar-refractivity contribution in [2.45, 2.75) is 9.79 Å². The van der Waals surface area contributed by atoms with Crippen LogP contribution in [0.5, 0.6) is 0 Å². The summed E-state index contributed by atoms with van der Waals surface area (Å²) in [6.07, 6.45) is 0. The van der Waals surface area contributed by atoms with Crippen molar-refractivity contribution < 1.29 is 0 Å². The van der Waals surface area contributed by atoms with Gasteiger partial charge >= 0.3 is 0 Å². The maximum absolute atomic E-state index is 4.27. The van der Waals surface area contributed by atoms with E-state index in [1.54, 1.807) is 0 Å². The third-order valence-electron chi connectivity index (χ3n) is 1.01. The quantitative estimate of drug-likeness (QED) is 0.489. The van der Waals surface area contributed by atoms with Crippen LogP contribution in [-0.4, -0.2) is 0 Å². The molecule has 0 N–H and O–H groups in total. The van der Waals surface area contributed by atoms with Crippen molar-refractivity contribution in [3.05, 3.63) is 19.3 Å². The first-order chi connectivity index (χ1) is 4.61. The highest BCUT2D eigenvalue weighted by Gasteiger charge is 2.00. The number of rotatable bonds is 0. The standard InChI is InChI=1S/C6H4I2S2/c7-3-1-4(8)6(10)5(9)2-3/h1-2,9-10H. The van der Waals surface area contributed by atoms with Gasteiger partial charge in [0.15, 0.2) is 0 Å². The second-order valence-electron chi connectivity index (χ2n) is 1.76. The number of thiol groups is 2. The van der Waals surface area contributed by atoms with Gasteiger partial charge in [-0.05, 0) is 57.3 Å². The minimum Gasteiger partial charge on any atom is -0.142 e. The van der Waals surface area contributed by atoms with Crippen LogP contribution >= 0.6 is 70.4 Å². The average molecular weight is 394 g/mol. The number of hydrogen-bond donors (Lipinski definition) is 2. The molecule has 0 aromatic heterocycles. The maximum Gasteiger partial charge on any atom is 0.0309 e. The Kier molecular flexibility index (Phi) is 3.66. The minimum atomic E-state index is 0.944. The molecular formula is C6H4I2S2. The SMILES string of the molecule is Sc1cc(I)cc(I)c1S. The highest BCUT2D eigenvalue weighted by atomic mass is 127. The van der Waals surface area contributed by atoms with Crippen molar-refractivity contribution in [2.24, 2.45) is 0 Å². The van der Waals surface area contributed by atoms with Crippen LogP contribution in [0.25, 0.3) is 0 Å². The molecule has 0 unspecified atom stereocenters. The van der Waals surface area contributed by atoms with Crippen LogP contribution in [0.4, 0.5) is 0 Å². The lowest BCUT2D eigenvalue weighted by Gasteiger charge is -2.00. The largest absolute Gasteiger partial charge is 0.142 e. The van der Waals surface area contributed by atoms with Crippen LogP contribution in [0.15, 0.2) is 21.9 Å². The molecule has 10 heavy (non-hydrogen) atoms. The fourth-order valence-corrected chi connectivity index (χ4v) is 3.25. The van der Waals surface area contributed by atoms with Gasteiger partial charge in [-0.25, -0.2) is 0 Å². The molecule has 54 valence electrons. The molecule has 1 rings (SSSR count). The second kappa shape index (κ2) is 3.86. The van der Waals surface area contributed by atoms with Gasteiger partial charge in [0.2, 0.25) is 0 Å². The number of benzene rings is 1. The van der Waals surface area contributed by atoms with Gasteiger partial charge in [-0.1, -0.05) is 0 Å². The summed E-state index contributed by atoms with van der Waals surface area (Å²) in [5.74, 6) is 0. The Balaban J connectivity index is 3.31. The molecule has 0 saturated heterocycles. The molecule has 0 amide bonds. The third kappa shape index (κ3) is 2.18. The van der Waals surface area contributed by atoms with Crippen LogP contribution in [-0.2, 0) is 0 Å². The fraction of sp³-hybridized carbons (Fsp3) is 0. The zero-order valence-electron chi connectivity index (χ0n) is 4.81. The molecule has 4 heteroatoms. The Hall–Kier alpha value is 1.38. The summed E-state index contributed by atoms with van der Waals surface area (Å²) in [6.45, 7) is 0. The number of halogens is 2. The van der Waals surface area contributed by atoms with Crippen molar-refractivity contribution in [1.29, 1.82) is 0 Å². The van der Waals surface area contributed by atoms with Crippen molar-refractivity contribution in [2.75, 3.05) is 0 Å². The summed E-state index contributed by atoms with van der Waals surface area (Å²) < 4.78 is 2.35. The molecule has 0 saturated carbocycles. The summed E-state index contributed by atoms with van der Waals surface area (Å²) >= 11 is 13.0. The summed E-state index contributed by atoms with van der Waals surface area (Å²) in [6, 6.07) is 4.07. The molecule has 0 bridgehead atoms. The van der Waals surface area contributed by atoms with Crippen LogP contribution in [0, 0.1) is 7.14 Å². The average Bonchev–Trinajstić information content (AvgIpc) is 1.82. The third-order valence-corrected chi connectivity index (χ3v) is 3.92. The Bertz CT molecular complexity index is 237. The Morgan fingerprint density at radius 2 is 1.70 bits per heavy atom. The van der Waals surface area contributed by atoms with Crippen molar-refractivity contribution >= 4 is 70.4 Å². The highest BCUT2D eigenvalue weighted by molar-refractivity contribution is 14.1. The van der Waals surface area contributed by atoms with Crippen LogP contribution in [0.1, 0.15) is 0 Å². The molecule has 0 spiro atoms. The van der Waals surface area contributed by atoms with E-state index in [-0.39, 0.29) is 0 Å². The zero-order valence-corrected chi connectivity index (χ0v) is 10.9. The van der Waals surface area contributed by atoms with E-state index in [0.29, 0.717) is 0 Å². The minimum absolute atomic E-state index is 0.944. The molecule has 1 aromatic rings. The van der Waals surface area contributed by atoms with Crippen LogP contribution in [0.3, 0.4) is 0 Å². The Morgan fingerprint density at radius 1 is 1.10 bits per heavy atom. The molecule has 1 aromatic carbocycles. The monoisotopic (exact) mass is 394 g/mol. The summed E-state index contributed by atoms with van der Waals surface area (Å²) in [5.41, 5.74) is 0. The fourth-order valence-electron chi connectivity index (χ4n) is 0.552. The van der Waals surface area contributed by atoms with Gasteiger partial charge < -0.3 is 0 Å². The van der Waals surface area contributed by atoms with E-state index >= 15 is 0 Å². The zero-order chi connectivity index (χ0) is 7.72. The van der Waals surface area contributed by atoms with Gasteiger partial charge in [0.1, 0.15) is 0 Å². The molecule has 0 fully saturated rings. The van der Waals surface area contributed by atoms with Crippen molar-refractivity contribution in [1.82, 2.24) is 0 Å². The Labute approximate surface area is 98.3 Å². The molecular weight excluding hydrogens is 390 g/mol.